The minimum Gasteiger partial charge on any atom is -0.460 e. The number of carbonyl (C=O) groups excluding carboxylic acids is 1. The second kappa shape index (κ2) is 12.2. The zero-order chi connectivity index (χ0) is 23.8. The third-order valence-corrected chi connectivity index (χ3v) is 14.9. The highest BCUT2D eigenvalue weighted by molar-refractivity contribution is 6.87. The number of esters is 1. The van der Waals surface area contributed by atoms with E-state index in [2.05, 4.69) is 72.0 Å². The predicted molar refractivity (Wildman–Crippen MR) is 135 cm³/mol. The maximum Gasteiger partial charge on any atom is 0.333 e. The lowest BCUT2D eigenvalue weighted by atomic mass is 10.3. The average molecular weight is 495 g/mol. The molecule has 1 atom stereocenters. The smallest absolute Gasteiger partial charge is 0.333 e. The lowest BCUT2D eigenvalue weighted by Crippen LogP contribution is -2.51. The van der Waals surface area contributed by atoms with Crippen molar-refractivity contribution in [1.82, 2.24) is 0 Å². The van der Waals surface area contributed by atoms with Crippen LogP contribution in [0.25, 0.3) is 0 Å². The van der Waals surface area contributed by atoms with Crippen LogP contribution in [-0.4, -0.2) is 65.4 Å². The third-order valence-electron chi connectivity index (χ3n) is 3.71. The number of hydrogen-bond donors (Lipinski definition) is 0. The van der Waals surface area contributed by atoms with E-state index in [1.807, 2.05) is 0 Å². The van der Waals surface area contributed by atoms with Gasteiger partial charge in [-0.3, -0.25) is 0 Å². The van der Waals surface area contributed by atoms with Gasteiger partial charge in [0.1, 0.15) is 12.7 Å². The first-order valence-electron chi connectivity index (χ1n) is 10.8. The lowest BCUT2D eigenvalue weighted by Gasteiger charge is -2.37. The van der Waals surface area contributed by atoms with Gasteiger partial charge in [-0.1, -0.05) is 6.58 Å². The first-order valence-corrected chi connectivity index (χ1v) is 23.6. The van der Waals surface area contributed by atoms with Gasteiger partial charge < -0.3 is 22.1 Å². The van der Waals surface area contributed by atoms with E-state index >= 15 is 0 Å². The molecule has 0 radical (unpaired) electrons. The fraction of sp³-hybridized carbons (Fsp3) is 0.850. The molecule has 0 spiro atoms. The Labute approximate surface area is 189 Å². The summed E-state index contributed by atoms with van der Waals surface area (Å²) in [6.07, 6.45) is 0.681. The van der Waals surface area contributed by atoms with Gasteiger partial charge in [-0.25, -0.2) is 4.79 Å². The topological polar surface area (TPSA) is 63.2 Å². The Morgan fingerprint density at radius 3 is 1.90 bits per heavy atom. The molecule has 0 rings (SSSR count). The molecule has 10 heteroatoms. The number of carbonyl (C=O) groups is 1. The van der Waals surface area contributed by atoms with Crippen molar-refractivity contribution in [1.29, 1.82) is 0 Å². The number of hydrogen-bond acceptors (Lipinski definition) is 6. The van der Waals surface area contributed by atoms with E-state index < -0.39 is 39.5 Å². The molecule has 0 bridgehead atoms. The molecule has 0 aliphatic carbocycles. The molecule has 0 aromatic rings. The highest BCUT2D eigenvalue weighted by Crippen LogP contribution is 2.23. The molecule has 0 amide bonds. The first-order chi connectivity index (χ1) is 13.3. The third kappa shape index (κ3) is 16.6. The van der Waals surface area contributed by atoms with Gasteiger partial charge in [-0.2, -0.15) is 0 Å². The maximum atomic E-state index is 11.7. The molecule has 0 saturated carbocycles. The van der Waals surface area contributed by atoms with E-state index in [1.54, 1.807) is 6.92 Å². The summed E-state index contributed by atoms with van der Waals surface area (Å²) in [5.41, 5.74) is 0.388. The van der Waals surface area contributed by atoms with Crippen molar-refractivity contribution >= 4 is 39.5 Å². The summed E-state index contributed by atoms with van der Waals surface area (Å²) in [6, 6.07) is 1.02. The molecule has 0 aromatic carbocycles. The van der Waals surface area contributed by atoms with E-state index in [1.165, 1.54) is 0 Å². The molecule has 1 unspecified atom stereocenters. The first kappa shape index (κ1) is 29.9. The van der Waals surface area contributed by atoms with Crippen LogP contribution in [0.5, 0.6) is 0 Å². The summed E-state index contributed by atoms with van der Waals surface area (Å²) >= 11 is 0. The van der Waals surface area contributed by atoms with Gasteiger partial charge in [0.05, 0.1) is 6.61 Å². The van der Waals surface area contributed by atoms with Crippen molar-refractivity contribution in [2.75, 3.05) is 19.8 Å². The van der Waals surface area contributed by atoms with Crippen LogP contribution in [0.1, 0.15) is 13.3 Å². The second-order valence-corrected chi connectivity index (χ2v) is 28.0. The summed E-state index contributed by atoms with van der Waals surface area (Å²) in [7, 11) is -7.31. The zero-order valence-electron chi connectivity index (χ0n) is 21.3. The lowest BCUT2D eigenvalue weighted by molar-refractivity contribution is -0.142. The molecule has 6 nitrogen and oxygen atoms in total. The molecule has 0 aromatic heterocycles. The Kier molecular flexibility index (Phi) is 12.2. The number of rotatable bonds is 15. The SMILES string of the molecule is C=C(C)C(=O)OCC(COCCC[Si](C)(C)O[Si](C)(C)O[Si](C)(C)C)O[Si](C)(C)C. The Hall–Kier alpha value is -0.0825. The normalized spacial score (nSPS) is 14.5. The minimum absolute atomic E-state index is 0.188. The summed E-state index contributed by atoms with van der Waals surface area (Å²) in [6.45, 7) is 28.3. The van der Waals surface area contributed by atoms with E-state index in [0.29, 0.717) is 18.8 Å². The van der Waals surface area contributed by atoms with Crippen molar-refractivity contribution in [3.05, 3.63) is 12.2 Å². The van der Waals surface area contributed by atoms with Gasteiger partial charge >= 0.3 is 14.5 Å². The average Bonchev–Trinajstić information content (AvgIpc) is 2.46. The van der Waals surface area contributed by atoms with E-state index in [0.717, 1.165) is 12.5 Å². The summed E-state index contributed by atoms with van der Waals surface area (Å²) in [4.78, 5) is 11.7. The summed E-state index contributed by atoms with van der Waals surface area (Å²) < 4.78 is 30.1. The van der Waals surface area contributed by atoms with Crippen molar-refractivity contribution in [2.24, 2.45) is 0 Å². The van der Waals surface area contributed by atoms with Crippen LogP contribution in [0.3, 0.4) is 0 Å². The standard InChI is InChI=1S/C20H46O6Si4/c1-18(2)20(21)23-17-19(24-27(3,4)5)16-22-14-13-15-29(9,10)26-30(11,12)25-28(6,7)8/h19H,1,13-17H2,2-12H3. The van der Waals surface area contributed by atoms with Crippen LogP contribution in [0.4, 0.5) is 0 Å². The Bertz CT molecular complexity index is 552. The van der Waals surface area contributed by atoms with Crippen LogP contribution < -0.4 is 0 Å². The highest BCUT2D eigenvalue weighted by Gasteiger charge is 2.37. The Balaban J connectivity index is 4.48. The van der Waals surface area contributed by atoms with Crippen LogP contribution >= 0.6 is 0 Å². The summed E-state index contributed by atoms with van der Waals surface area (Å²) in [5, 5.41) is 0. The Morgan fingerprint density at radius 1 is 0.867 bits per heavy atom. The number of ether oxygens (including phenoxy) is 2. The van der Waals surface area contributed by atoms with Crippen molar-refractivity contribution < 1.29 is 26.9 Å². The van der Waals surface area contributed by atoms with Gasteiger partial charge in [0, 0.05) is 12.2 Å². The van der Waals surface area contributed by atoms with Gasteiger partial charge in [-0.05, 0) is 84.9 Å². The minimum atomic E-state index is -2.11. The highest BCUT2D eigenvalue weighted by atomic mass is 28.5. The second-order valence-electron chi connectivity index (χ2n) is 10.9. The van der Waals surface area contributed by atoms with Gasteiger partial charge in [0.15, 0.2) is 25.0 Å². The van der Waals surface area contributed by atoms with Gasteiger partial charge in [0.2, 0.25) is 0 Å². The van der Waals surface area contributed by atoms with E-state index in [9.17, 15) is 4.79 Å². The molecule has 0 saturated heterocycles. The van der Waals surface area contributed by atoms with E-state index in [-0.39, 0.29) is 12.7 Å². The van der Waals surface area contributed by atoms with Gasteiger partial charge in [0.25, 0.3) is 0 Å². The molecule has 30 heavy (non-hydrogen) atoms. The molecular formula is C20H46O6Si4. The largest absolute Gasteiger partial charge is 0.460 e. The van der Waals surface area contributed by atoms with Crippen molar-refractivity contribution in [3.63, 3.8) is 0 Å². The zero-order valence-corrected chi connectivity index (χ0v) is 25.3. The molecule has 178 valence electrons. The molecule has 0 aliphatic rings. The molecule has 0 fully saturated rings. The van der Waals surface area contributed by atoms with Crippen molar-refractivity contribution in [3.8, 4) is 0 Å². The summed E-state index contributed by atoms with van der Waals surface area (Å²) in [5.74, 6) is -0.392. The Morgan fingerprint density at radius 2 is 1.43 bits per heavy atom. The predicted octanol–water partition coefficient (Wildman–Crippen LogP) is 5.51. The monoisotopic (exact) mass is 494 g/mol. The van der Waals surface area contributed by atoms with Crippen LogP contribution in [0.2, 0.25) is 71.5 Å². The fourth-order valence-electron chi connectivity index (χ4n) is 3.20. The quantitative estimate of drug-likeness (QED) is 0.129. The van der Waals surface area contributed by atoms with E-state index in [4.69, 9.17) is 22.1 Å². The van der Waals surface area contributed by atoms with Crippen molar-refractivity contribution in [2.45, 2.75) is 91.0 Å². The van der Waals surface area contributed by atoms with Crippen LogP contribution in [0.15, 0.2) is 12.2 Å². The molecular weight excluding hydrogens is 449 g/mol. The molecule has 0 N–H and O–H groups in total. The molecule has 0 heterocycles. The molecule has 0 aliphatic heterocycles. The van der Waals surface area contributed by atoms with Crippen LogP contribution in [0, 0.1) is 0 Å². The maximum absolute atomic E-state index is 11.7. The fourth-order valence-corrected chi connectivity index (χ4v) is 17.5. The van der Waals surface area contributed by atoms with Gasteiger partial charge in [-0.15, -0.1) is 0 Å². The van der Waals surface area contributed by atoms with Crippen LogP contribution in [-0.2, 0) is 26.9 Å².